The van der Waals surface area contributed by atoms with Crippen LogP contribution in [0, 0.1) is 0 Å². The second-order valence-electron chi connectivity index (χ2n) is 6.02. The smallest absolute Gasteiger partial charge is 0.246 e. The Morgan fingerprint density at radius 1 is 0.846 bits per heavy atom. The highest BCUT2D eigenvalue weighted by atomic mass is 16.5. The van der Waals surface area contributed by atoms with E-state index >= 15 is 0 Å². The van der Waals surface area contributed by atoms with Crippen LogP contribution < -0.4 is 15.4 Å². The van der Waals surface area contributed by atoms with E-state index in [1.165, 1.54) is 0 Å². The molecule has 0 unspecified atom stereocenters. The van der Waals surface area contributed by atoms with Gasteiger partial charge >= 0.3 is 0 Å². The number of anilines is 2. The molecule has 0 saturated carbocycles. The van der Waals surface area contributed by atoms with Crippen LogP contribution in [0.3, 0.4) is 0 Å². The minimum Gasteiger partial charge on any atom is -0.489 e. The molecule has 0 radical (unpaired) electrons. The fraction of sp³-hybridized carbons (Fsp3) is 0.136. The molecular weight excluding hydrogens is 324 g/mol. The Morgan fingerprint density at radius 3 is 2.12 bits per heavy atom. The summed E-state index contributed by atoms with van der Waals surface area (Å²) in [5.41, 5.74) is 2.77. The summed E-state index contributed by atoms with van der Waals surface area (Å²) >= 11 is 0. The number of carbonyl (C=O) groups is 1. The molecule has 1 amide bonds. The van der Waals surface area contributed by atoms with E-state index < -0.39 is 0 Å². The van der Waals surface area contributed by atoms with Crippen molar-refractivity contribution in [3.63, 3.8) is 0 Å². The van der Waals surface area contributed by atoms with Gasteiger partial charge in [-0.3, -0.25) is 4.79 Å². The van der Waals surface area contributed by atoms with Crippen LogP contribution in [0.1, 0.15) is 12.5 Å². The lowest BCUT2D eigenvalue weighted by atomic mass is 10.2. The maximum atomic E-state index is 12.3. The molecular formula is C22H22N2O2. The van der Waals surface area contributed by atoms with E-state index in [4.69, 9.17) is 4.74 Å². The van der Waals surface area contributed by atoms with Crippen molar-refractivity contribution in [2.45, 2.75) is 19.6 Å². The number of para-hydroxylation sites is 1. The van der Waals surface area contributed by atoms with E-state index in [-0.39, 0.29) is 11.9 Å². The van der Waals surface area contributed by atoms with Crippen molar-refractivity contribution in [2.75, 3.05) is 10.6 Å². The van der Waals surface area contributed by atoms with Crippen molar-refractivity contribution in [2.24, 2.45) is 0 Å². The monoisotopic (exact) mass is 346 g/mol. The average molecular weight is 346 g/mol. The number of nitrogens with one attached hydrogen (secondary N) is 2. The van der Waals surface area contributed by atoms with Crippen LogP contribution in [0.25, 0.3) is 0 Å². The number of ether oxygens (including phenoxy) is 1. The normalized spacial score (nSPS) is 11.4. The molecule has 26 heavy (non-hydrogen) atoms. The third-order valence-electron chi connectivity index (χ3n) is 3.92. The molecule has 2 N–H and O–H groups in total. The van der Waals surface area contributed by atoms with Crippen LogP contribution in [-0.4, -0.2) is 11.9 Å². The zero-order valence-corrected chi connectivity index (χ0v) is 14.7. The van der Waals surface area contributed by atoms with Gasteiger partial charge in [-0.05, 0) is 48.9 Å². The topological polar surface area (TPSA) is 50.4 Å². The molecule has 0 bridgehead atoms. The Bertz CT molecular complexity index is 818. The maximum Gasteiger partial charge on any atom is 0.246 e. The first kappa shape index (κ1) is 17.5. The van der Waals surface area contributed by atoms with Crippen molar-refractivity contribution < 1.29 is 9.53 Å². The molecule has 0 fully saturated rings. The summed E-state index contributed by atoms with van der Waals surface area (Å²) in [6, 6.07) is 26.7. The fourth-order valence-corrected chi connectivity index (χ4v) is 2.48. The first-order valence-electron chi connectivity index (χ1n) is 8.60. The lowest BCUT2D eigenvalue weighted by Gasteiger charge is -2.15. The zero-order valence-electron chi connectivity index (χ0n) is 14.7. The van der Waals surface area contributed by atoms with Crippen molar-refractivity contribution in [3.8, 4) is 5.75 Å². The first-order chi connectivity index (χ1) is 12.7. The summed E-state index contributed by atoms with van der Waals surface area (Å²) in [6.07, 6.45) is 0. The summed E-state index contributed by atoms with van der Waals surface area (Å²) in [5, 5.41) is 6.08. The van der Waals surface area contributed by atoms with Crippen LogP contribution in [0.5, 0.6) is 5.75 Å². The van der Waals surface area contributed by atoms with Gasteiger partial charge in [0.2, 0.25) is 5.91 Å². The Kier molecular flexibility index (Phi) is 5.88. The van der Waals surface area contributed by atoms with Crippen LogP contribution >= 0.6 is 0 Å². The van der Waals surface area contributed by atoms with Gasteiger partial charge in [0, 0.05) is 11.4 Å². The van der Waals surface area contributed by atoms with E-state index in [1.54, 1.807) is 0 Å². The molecule has 4 nitrogen and oxygen atoms in total. The van der Waals surface area contributed by atoms with Gasteiger partial charge in [-0.15, -0.1) is 0 Å². The van der Waals surface area contributed by atoms with Crippen LogP contribution in [0.2, 0.25) is 0 Å². The van der Waals surface area contributed by atoms with E-state index in [1.807, 2.05) is 91.9 Å². The molecule has 132 valence electrons. The van der Waals surface area contributed by atoms with E-state index in [9.17, 15) is 4.79 Å². The predicted molar refractivity (Wildman–Crippen MR) is 105 cm³/mol. The lowest BCUT2D eigenvalue weighted by Crippen LogP contribution is -2.31. The van der Waals surface area contributed by atoms with Crippen molar-refractivity contribution >= 4 is 17.3 Å². The highest BCUT2D eigenvalue weighted by Gasteiger charge is 2.12. The SMILES string of the molecule is C[C@H](Nc1ccccc1)C(=O)Nc1ccc(OCc2ccccc2)cc1. The van der Waals surface area contributed by atoms with Crippen molar-refractivity contribution in [3.05, 3.63) is 90.5 Å². The van der Waals surface area contributed by atoms with E-state index in [2.05, 4.69) is 10.6 Å². The lowest BCUT2D eigenvalue weighted by molar-refractivity contribution is -0.116. The number of benzene rings is 3. The highest BCUT2D eigenvalue weighted by molar-refractivity contribution is 5.96. The summed E-state index contributed by atoms with van der Waals surface area (Å²) in [5.74, 6) is 0.675. The second-order valence-corrected chi connectivity index (χ2v) is 6.02. The Hall–Kier alpha value is -3.27. The van der Waals surface area contributed by atoms with Gasteiger partial charge in [-0.2, -0.15) is 0 Å². The number of carbonyl (C=O) groups excluding carboxylic acids is 1. The molecule has 1 atom stereocenters. The molecule has 3 aromatic rings. The maximum absolute atomic E-state index is 12.3. The minimum atomic E-state index is -0.341. The summed E-state index contributed by atoms with van der Waals surface area (Å²) < 4.78 is 5.75. The molecule has 0 aliphatic heterocycles. The van der Waals surface area contributed by atoms with Gasteiger partial charge < -0.3 is 15.4 Å². The van der Waals surface area contributed by atoms with Crippen LogP contribution in [-0.2, 0) is 11.4 Å². The fourth-order valence-electron chi connectivity index (χ4n) is 2.48. The predicted octanol–water partition coefficient (Wildman–Crippen LogP) is 4.70. The summed E-state index contributed by atoms with van der Waals surface area (Å²) in [7, 11) is 0. The van der Waals surface area contributed by atoms with Gasteiger partial charge in [0.25, 0.3) is 0 Å². The number of hydrogen-bond acceptors (Lipinski definition) is 3. The molecule has 4 heteroatoms. The van der Waals surface area contributed by atoms with Gasteiger partial charge in [-0.25, -0.2) is 0 Å². The average Bonchev–Trinajstić information content (AvgIpc) is 2.69. The number of rotatable bonds is 7. The Balaban J connectivity index is 1.51. The molecule has 0 aromatic heterocycles. The van der Waals surface area contributed by atoms with Crippen LogP contribution in [0.4, 0.5) is 11.4 Å². The third kappa shape index (κ3) is 5.11. The minimum absolute atomic E-state index is 0.0909. The molecule has 0 heterocycles. The zero-order chi connectivity index (χ0) is 18.2. The van der Waals surface area contributed by atoms with Crippen LogP contribution in [0.15, 0.2) is 84.9 Å². The molecule has 3 aromatic carbocycles. The van der Waals surface area contributed by atoms with Gasteiger partial charge in [0.15, 0.2) is 0 Å². The van der Waals surface area contributed by atoms with E-state index in [0.717, 1.165) is 22.7 Å². The Labute approximate surface area is 153 Å². The quantitative estimate of drug-likeness (QED) is 0.652. The number of amides is 1. The first-order valence-corrected chi connectivity index (χ1v) is 8.60. The standard InChI is InChI=1S/C22H22N2O2/c1-17(23-19-10-6-3-7-11-19)22(25)24-20-12-14-21(15-13-20)26-16-18-8-4-2-5-9-18/h2-15,17,23H,16H2,1H3,(H,24,25)/t17-/m0/s1. The largest absolute Gasteiger partial charge is 0.489 e. The number of hydrogen-bond donors (Lipinski definition) is 2. The molecule has 0 spiro atoms. The van der Waals surface area contributed by atoms with Crippen molar-refractivity contribution in [1.29, 1.82) is 0 Å². The Morgan fingerprint density at radius 2 is 1.46 bits per heavy atom. The molecule has 0 aliphatic carbocycles. The highest BCUT2D eigenvalue weighted by Crippen LogP contribution is 2.17. The molecule has 0 saturated heterocycles. The van der Waals surface area contributed by atoms with Gasteiger partial charge in [0.05, 0.1) is 0 Å². The summed E-state index contributed by atoms with van der Waals surface area (Å²) in [6.45, 7) is 2.35. The van der Waals surface area contributed by atoms with Crippen molar-refractivity contribution in [1.82, 2.24) is 0 Å². The molecule has 0 aliphatic rings. The van der Waals surface area contributed by atoms with Gasteiger partial charge in [-0.1, -0.05) is 48.5 Å². The van der Waals surface area contributed by atoms with Gasteiger partial charge in [0.1, 0.15) is 18.4 Å². The third-order valence-corrected chi connectivity index (χ3v) is 3.92. The second kappa shape index (κ2) is 8.72. The summed E-state index contributed by atoms with van der Waals surface area (Å²) in [4.78, 5) is 12.3. The van der Waals surface area contributed by atoms with E-state index in [0.29, 0.717) is 6.61 Å². The molecule has 3 rings (SSSR count).